The van der Waals surface area contributed by atoms with Gasteiger partial charge in [-0.25, -0.2) is 0 Å². The van der Waals surface area contributed by atoms with Gasteiger partial charge in [0.2, 0.25) is 0 Å². The topological polar surface area (TPSA) is 18.5 Å². The molecular weight excluding hydrogens is 386 g/mol. The van der Waals surface area contributed by atoms with Crippen LogP contribution in [-0.4, -0.2) is 53.5 Å². The highest BCUT2D eigenvalue weighted by Crippen LogP contribution is 2.57. The van der Waals surface area contributed by atoms with Gasteiger partial charge in [-0.3, -0.25) is 4.90 Å². The summed E-state index contributed by atoms with van der Waals surface area (Å²) in [4.78, 5) is 4.39. The van der Waals surface area contributed by atoms with E-state index < -0.39 is 16.1 Å². The fourth-order valence-electron chi connectivity index (χ4n) is 3.84. The van der Waals surface area contributed by atoms with Gasteiger partial charge in [-0.1, -0.05) is 23.2 Å². The Morgan fingerprint density at radius 1 is 1.12 bits per heavy atom. The molecule has 3 aliphatic rings. The molecule has 2 heterocycles. The number of hydrogen-bond donors (Lipinski definition) is 1. The zero-order chi connectivity index (χ0) is 16.4. The Kier molecular flexibility index (Phi) is 4.67. The molecule has 3 unspecified atom stereocenters. The molecule has 0 aromatic heterocycles. The molecule has 24 heavy (non-hydrogen) atoms. The van der Waals surface area contributed by atoms with Gasteiger partial charge in [-0.05, 0) is 24.3 Å². The van der Waals surface area contributed by atoms with Crippen molar-refractivity contribution in [2.24, 2.45) is 0 Å². The van der Waals surface area contributed by atoms with Crippen LogP contribution in [0.2, 0.25) is 0 Å². The summed E-state index contributed by atoms with van der Waals surface area (Å²) in [6.07, 6.45) is -4.32. The summed E-state index contributed by atoms with van der Waals surface area (Å²) in [6, 6.07) is 5.48. The first-order valence-electron chi connectivity index (χ1n) is 7.58. The molecule has 4 rings (SSSR count). The largest absolute Gasteiger partial charge is 0.416 e. The third kappa shape index (κ3) is 2.86. The van der Waals surface area contributed by atoms with Crippen LogP contribution in [0.5, 0.6) is 0 Å². The standard InChI is InChI=1S/C15H16Cl2F3N3.ClH/c16-14(17)12-13(14)23(8-11-7-21-5-6-22(11)12)10-3-1-9(2-4-10)15(18,19)20;/h1-4,11-13,21H,5-8H2;1H. The normalized spacial score (nSPS) is 31.7. The molecule has 1 aromatic rings. The minimum atomic E-state index is -4.32. The Morgan fingerprint density at radius 2 is 1.79 bits per heavy atom. The number of nitrogens with one attached hydrogen (secondary N) is 1. The lowest BCUT2D eigenvalue weighted by atomic mass is 10.1. The predicted molar refractivity (Wildman–Crippen MR) is 91.4 cm³/mol. The first-order chi connectivity index (χ1) is 10.8. The maximum Gasteiger partial charge on any atom is 0.416 e. The van der Waals surface area contributed by atoms with Crippen LogP contribution in [0.3, 0.4) is 0 Å². The molecule has 1 aliphatic carbocycles. The van der Waals surface area contributed by atoms with Gasteiger partial charge < -0.3 is 10.2 Å². The summed E-state index contributed by atoms with van der Waals surface area (Å²) in [7, 11) is 0. The van der Waals surface area contributed by atoms with E-state index in [1.54, 1.807) is 0 Å². The van der Waals surface area contributed by atoms with Gasteiger partial charge in [0.1, 0.15) is 0 Å². The van der Waals surface area contributed by atoms with Crippen molar-refractivity contribution < 1.29 is 13.2 Å². The molecule has 1 saturated carbocycles. The lowest BCUT2D eigenvalue weighted by Gasteiger charge is -2.44. The Hall–Kier alpha value is -0.400. The van der Waals surface area contributed by atoms with Gasteiger partial charge in [-0.2, -0.15) is 13.2 Å². The lowest BCUT2D eigenvalue weighted by molar-refractivity contribution is -0.137. The van der Waals surface area contributed by atoms with Crippen LogP contribution >= 0.6 is 35.6 Å². The monoisotopic (exact) mass is 401 g/mol. The minimum Gasteiger partial charge on any atom is -0.362 e. The maximum absolute atomic E-state index is 12.7. The van der Waals surface area contributed by atoms with Crippen molar-refractivity contribution in [3.8, 4) is 0 Å². The highest BCUT2D eigenvalue weighted by Gasteiger charge is 2.71. The molecule has 3 fully saturated rings. The highest BCUT2D eigenvalue weighted by atomic mass is 35.5. The van der Waals surface area contributed by atoms with E-state index in [0.717, 1.165) is 37.5 Å². The molecule has 0 spiro atoms. The van der Waals surface area contributed by atoms with Crippen LogP contribution in [0, 0.1) is 0 Å². The molecule has 0 bridgehead atoms. The van der Waals surface area contributed by atoms with Crippen LogP contribution < -0.4 is 10.2 Å². The summed E-state index contributed by atoms with van der Waals surface area (Å²) in [5, 5.41) is 3.35. The molecule has 0 radical (unpaired) electrons. The number of anilines is 1. The van der Waals surface area contributed by atoms with Crippen LogP contribution in [0.1, 0.15) is 5.56 Å². The van der Waals surface area contributed by atoms with E-state index in [2.05, 4.69) is 15.1 Å². The molecule has 134 valence electrons. The first-order valence-corrected chi connectivity index (χ1v) is 8.34. The molecule has 3 nitrogen and oxygen atoms in total. The maximum atomic E-state index is 12.7. The molecule has 9 heteroatoms. The average Bonchev–Trinajstić information content (AvgIpc) is 3.09. The fourth-order valence-corrected chi connectivity index (χ4v) is 4.67. The van der Waals surface area contributed by atoms with E-state index in [1.165, 1.54) is 12.1 Å². The molecule has 1 aromatic carbocycles. The Bertz CT molecular complexity index is 608. The SMILES string of the molecule is Cl.FC(F)(F)c1ccc(N2CC3CNCCN3C3C2C3(Cl)Cl)cc1. The van der Waals surface area contributed by atoms with E-state index in [9.17, 15) is 13.2 Å². The molecular formula is C15H17Cl3F3N3. The van der Waals surface area contributed by atoms with Crippen molar-refractivity contribution >= 4 is 41.3 Å². The van der Waals surface area contributed by atoms with Gasteiger partial charge in [0.25, 0.3) is 0 Å². The molecule has 0 amide bonds. The second-order valence-electron chi connectivity index (χ2n) is 6.36. The number of halogens is 6. The van der Waals surface area contributed by atoms with Gasteiger partial charge in [0.15, 0.2) is 4.33 Å². The second-order valence-corrected chi connectivity index (χ2v) is 7.80. The highest BCUT2D eigenvalue weighted by molar-refractivity contribution is 6.52. The summed E-state index contributed by atoms with van der Waals surface area (Å²) in [5.74, 6) is 0. The van der Waals surface area contributed by atoms with Crippen molar-refractivity contribution in [2.75, 3.05) is 31.1 Å². The molecule has 3 atom stereocenters. The summed E-state index contributed by atoms with van der Waals surface area (Å²) in [5.41, 5.74) is 0.0935. The third-order valence-electron chi connectivity index (χ3n) is 5.00. The van der Waals surface area contributed by atoms with Crippen molar-refractivity contribution in [1.82, 2.24) is 10.2 Å². The van der Waals surface area contributed by atoms with Gasteiger partial charge in [0, 0.05) is 37.9 Å². The molecule has 1 N–H and O–H groups in total. The third-order valence-corrected chi connectivity index (χ3v) is 5.90. The Morgan fingerprint density at radius 3 is 2.42 bits per heavy atom. The van der Waals surface area contributed by atoms with Crippen LogP contribution in [0.25, 0.3) is 0 Å². The van der Waals surface area contributed by atoms with Crippen molar-refractivity contribution in [3.63, 3.8) is 0 Å². The van der Waals surface area contributed by atoms with Crippen molar-refractivity contribution in [2.45, 2.75) is 28.6 Å². The van der Waals surface area contributed by atoms with E-state index in [4.69, 9.17) is 23.2 Å². The van der Waals surface area contributed by atoms with E-state index in [-0.39, 0.29) is 30.5 Å². The van der Waals surface area contributed by atoms with Gasteiger partial charge in [-0.15, -0.1) is 12.4 Å². The van der Waals surface area contributed by atoms with E-state index in [0.29, 0.717) is 6.54 Å². The Balaban J connectivity index is 0.00000169. The number of hydrogen-bond acceptors (Lipinski definition) is 3. The van der Waals surface area contributed by atoms with Crippen LogP contribution in [0.15, 0.2) is 24.3 Å². The number of rotatable bonds is 1. The summed E-state index contributed by atoms with van der Waals surface area (Å²) < 4.78 is 37.3. The summed E-state index contributed by atoms with van der Waals surface area (Å²) >= 11 is 12.9. The quantitative estimate of drug-likeness (QED) is 0.728. The van der Waals surface area contributed by atoms with Gasteiger partial charge in [0.05, 0.1) is 17.6 Å². The second kappa shape index (κ2) is 6.09. The van der Waals surface area contributed by atoms with Crippen LogP contribution in [-0.2, 0) is 6.18 Å². The van der Waals surface area contributed by atoms with Crippen molar-refractivity contribution in [1.29, 1.82) is 0 Å². The number of piperazine rings is 2. The van der Waals surface area contributed by atoms with Crippen LogP contribution in [0.4, 0.5) is 18.9 Å². The van der Waals surface area contributed by atoms with E-state index >= 15 is 0 Å². The number of fused-ring (bicyclic) bond motifs is 3. The Labute approximate surface area is 154 Å². The first kappa shape index (κ1) is 18.4. The molecule has 2 saturated heterocycles. The predicted octanol–water partition coefficient (Wildman–Crippen LogP) is 3.15. The smallest absolute Gasteiger partial charge is 0.362 e. The fraction of sp³-hybridized carbons (Fsp3) is 0.600. The van der Waals surface area contributed by atoms with Crippen molar-refractivity contribution in [3.05, 3.63) is 29.8 Å². The van der Waals surface area contributed by atoms with Gasteiger partial charge >= 0.3 is 6.18 Å². The average molecular weight is 403 g/mol. The number of benzene rings is 1. The van der Waals surface area contributed by atoms with E-state index in [1.807, 2.05) is 0 Å². The number of alkyl halides is 5. The molecule has 2 aliphatic heterocycles. The zero-order valence-corrected chi connectivity index (χ0v) is 14.9. The zero-order valence-electron chi connectivity index (χ0n) is 12.6. The lowest BCUT2D eigenvalue weighted by Crippen LogP contribution is -2.61. The minimum absolute atomic E-state index is 0. The number of nitrogens with zero attached hydrogens (tertiary/aromatic N) is 2. The summed E-state index contributed by atoms with van der Waals surface area (Å²) in [6.45, 7) is 3.35.